The number of aromatic nitrogens is 4. The molecule has 130 valence electrons. The van der Waals surface area contributed by atoms with Crippen molar-refractivity contribution in [3.8, 4) is 0 Å². The quantitative estimate of drug-likeness (QED) is 0.768. The first-order chi connectivity index (χ1) is 12.0. The SMILES string of the molecule is CCn1c(=O)c(C)nc2cc(C(=O)N[C@H](C)Cn3cccn3)ccc21. The molecule has 0 saturated heterocycles. The van der Waals surface area contributed by atoms with E-state index in [1.165, 1.54) is 0 Å². The molecule has 0 aliphatic heterocycles. The lowest BCUT2D eigenvalue weighted by Gasteiger charge is -2.15. The van der Waals surface area contributed by atoms with Gasteiger partial charge in [-0.25, -0.2) is 4.98 Å². The van der Waals surface area contributed by atoms with Crippen LogP contribution in [0.4, 0.5) is 0 Å². The highest BCUT2D eigenvalue weighted by Crippen LogP contribution is 2.13. The first kappa shape index (κ1) is 16.9. The molecule has 7 heteroatoms. The van der Waals surface area contributed by atoms with E-state index in [4.69, 9.17) is 0 Å². The van der Waals surface area contributed by atoms with Crippen LogP contribution >= 0.6 is 0 Å². The third kappa shape index (κ3) is 3.45. The highest BCUT2D eigenvalue weighted by atomic mass is 16.1. The third-order valence-corrected chi connectivity index (χ3v) is 4.09. The smallest absolute Gasteiger partial charge is 0.272 e. The zero-order valence-corrected chi connectivity index (χ0v) is 14.6. The van der Waals surface area contributed by atoms with Gasteiger partial charge in [-0.1, -0.05) is 0 Å². The van der Waals surface area contributed by atoms with Crippen LogP contribution in [-0.4, -0.2) is 31.3 Å². The zero-order valence-electron chi connectivity index (χ0n) is 14.6. The number of benzene rings is 1. The fourth-order valence-electron chi connectivity index (χ4n) is 2.87. The fourth-order valence-corrected chi connectivity index (χ4v) is 2.87. The van der Waals surface area contributed by atoms with Crippen LogP contribution in [0.25, 0.3) is 11.0 Å². The van der Waals surface area contributed by atoms with Gasteiger partial charge in [0, 0.05) is 30.5 Å². The van der Waals surface area contributed by atoms with E-state index in [2.05, 4.69) is 15.4 Å². The molecule has 0 aliphatic carbocycles. The summed E-state index contributed by atoms with van der Waals surface area (Å²) in [5.41, 5.74) is 2.23. The van der Waals surface area contributed by atoms with Gasteiger partial charge < -0.3 is 9.88 Å². The summed E-state index contributed by atoms with van der Waals surface area (Å²) in [6.07, 6.45) is 3.56. The Labute approximate surface area is 145 Å². The Balaban J connectivity index is 1.84. The molecule has 0 fully saturated rings. The first-order valence-corrected chi connectivity index (χ1v) is 8.29. The number of hydrogen-bond donors (Lipinski definition) is 1. The van der Waals surface area contributed by atoms with E-state index in [1.807, 2.05) is 26.1 Å². The lowest BCUT2D eigenvalue weighted by Crippen LogP contribution is -2.35. The predicted molar refractivity (Wildman–Crippen MR) is 95.6 cm³/mol. The van der Waals surface area contributed by atoms with Gasteiger partial charge in [0.25, 0.3) is 11.5 Å². The molecule has 1 amide bonds. The summed E-state index contributed by atoms with van der Waals surface area (Å²) < 4.78 is 3.44. The molecule has 0 unspecified atom stereocenters. The average Bonchev–Trinajstić information content (AvgIpc) is 3.08. The van der Waals surface area contributed by atoms with Crippen LogP contribution in [0.2, 0.25) is 0 Å². The topological polar surface area (TPSA) is 81.8 Å². The molecule has 0 radical (unpaired) electrons. The van der Waals surface area contributed by atoms with Gasteiger partial charge in [0.05, 0.1) is 17.6 Å². The molecular formula is C18H21N5O2. The number of nitrogens with one attached hydrogen (secondary N) is 1. The van der Waals surface area contributed by atoms with Crippen LogP contribution in [0.1, 0.15) is 29.9 Å². The summed E-state index contributed by atoms with van der Waals surface area (Å²) in [7, 11) is 0. The number of amides is 1. The summed E-state index contributed by atoms with van der Waals surface area (Å²) in [6, 6.07) is 7.01. The van der Waals surface area contributed by atoms with E-state index in [0.717, 1.165) is 5.52 Å². The number of carbonyl (C=O) groups excluding carboxylic acids is 1. The van der Waals surface area contributed by atoms with Crippen molar-refractivity contribution in [2.24, 2.45) is 0 Å². The fraction of sp³-hybridized carbons (Fsp3) is 0.333. The Morgan fingerprint density at radius 2 is 2.16 bits per heavy atom. The molecule has 25 heavy (non-hydrogen) atoms. The number of hydrogen-bond acceptors (Lipinski definition) is 4. The molecule has 1 atom stereocenters. The van der Waals surface area contributed by atoms with Crippen molar-refractivity contribution in [1.82, 2.24) is 24.6 Å². The number of carbonyl (C=O) groups is 1. The maximum Gasteiger partial charge on any atom is 0.272 e. The van der Waals surface area contributed by atoms with Crippen LogP contribution < -0.4 is 10.9 Å². The van der Waals surface area contributed by atoms with Crippen molar-refractivity contribution in [3.05, 3.63) is 58.3 Å². The van der Waals surface area contributed by atoms with Crippen molar-refractivity contribution in [2.45, 2.75) is 39.9 Å². The lowest BCUT2D eigenvalue weighted by molar-refractivity contribution is 0.0936. The first-order valence-electron chi connectivity index (χ1n) is 8.29. The van der Waals surface area contributed by atoms with Gasteiger partial charge in [0.2, 0.25) is 0 Å². The minimum absolute atomic E-state index is 0.0672. The van der Waals surface area contributed by atoms with Crippen LogP contribution in [0, 0.1) is 6.92 Å². The maximum absolute atomic E-state index is 12.5. The molecule has 3 aromatic rings. The number of rotatable bonds is 5. The van der Waals surface area contributed by atoms with Crippen LogP contribution in [0.5, 0.6) is 0 Å². The number of aryl methyl sites for hydroxylation is 2. The van der Waals surface area contributed by atoms with E-state index < -0.39 is 0 Å². The van der Waals surface area contributed by atoms with Crippen LogP contribution in [-0.2, 0) is 13.1 Å². The van der Waals surface area contributed by atoms with Gasteiger partial charge in [-0.15, -0.1) is 0 Å². The van der Waals surface area contributed by atoms with Gasteiger partial charge in [0.1, 0.15) is 5.69 Å². The second-order valence-corrected chi connectivity index (χ2v) is 6.05. The second kappa shape index (κ2) is 6.88. The van der Waals surface area contributed by atoms with E-state index in [9.17, 15) is 9.59 Å². The van der Waals surface area contributed by atoms with Crippen molar-refractivity contribution in [2.75, 3.05) is 0 Å². The highest BCUT2D eigenvalue weighted by Gasteiger charge is 2.13. The van der Waals surface area contributed by atoms with Gasteiger partial charge >= 0.3 is 0 Å². The largest absolute Gasteiger partial charge is 0.348 e. The van der Waals surface area contributed by atoms with Crippen molar-refractivity contribution >= 4 is 16.9 Å². The molecular weight excluding hydrogens is 318 g/mol. The molecule has 2 heterocycles. The van der Waals surface area contributed by atoms with Gasteiger partial charge in [0.15, 0.2) is 0 Å². The Morgan fingerprint density at radius 1 is 1.36 bits per heavy atom. The molecule has 3 rings (SSSR count). The Hall–Kier alpha value is -2.96. The molecule has 7 nitrogen and oxygen atoms in total. The monoisotopic (exact) mass is 339 g/mol. The van der Waals surface area contributed by atoms with Gasteiger partial charge in [-0.2, -0.15) is 5.10 Å². The lowest BCUT2D eigenvalue weighted by atomic mass is 10.1. The van der Waals surface area contributed by atoms with E-state index in [0.29, 0.717) is 29.9 Å². The minimum atomic E-state index is -0.171. The predicted octanol–water partition coefficient (Wildman–Crippen LogP) is 1.74. The van der Waals surface area contributed by atoms with E-state index in [-0.39, 0.29) is 17.5 Å². The molecule has 0 saturated carbocycles. The van der Waals surface area contributed by atoms with E-state index in [1.54, 1.807) is 40.6 Å². The average molecular weight is 339 g/mol. The van der Waals surface area contributed by atoms with Crippen molar-refractivity contribution in [3.63, 3.8) is 0 Å². The Bertz CT molecular complexity index is 960. The normalized spacial score (nSPS) is 12.3. The summed E-state index contributed by atoms with van der Waals surface area (Å²) in [5, 5.41) is 7.09. The molecule has 2 aromatic heterocycles. The standard InChI is InChI=1S/C18H21N5O2/c1-4-23-16-7-6-14(10-15(16)21-13(3)18(23)25)17(24)20-12(2)11-22-9-5-8-19-22/h5-10,12H,4,11H2,1-3H3,(H,20,24)/t12-/m1/s1. The Kier molecular flexibility index (Phi) is 4.65. The molecule has 0 spiro atoms. The molecule has 0 bridgehead atoms. The zero-order chi connectivity index (χ0) is 18.0. The summed E-state index contributed by atoms with van der Waals surface area (Å²) in [6.45, 7) is 6.69. The molecule has 1 N–H and O–H groups in total. The number of fused-ring (bicyclic) bond motifs is 1. The summed E-state index contributed by atoms with van der Waals surface area (Å²) in [4.78, 5) is 29.0. The molecule has 1 aromatic carbocycles. The van der Waals surface area contributed by atoms with Crippen molar-refractivity contribution in [1.29, 1.82) is 0 Å². The van der Waals surface area contributed by atoms with Gasteiger partial charge in [-0.3, -0.25) is 14.3 Å². The maximum atomic E-state index is 12.5. The second-order valence-electron chi connectivity index (χ2n) is 6.05. The highest BCUT2D eigenvalue weighted by molar-refractivity contribution is 5.97. The van der Waals surface area contributed by atoms with E-state index >= 15 is 0 Å². The van der Waals surface area contributed by atoms with Crippen LogP contribution in [0.3, 0.4) is 0 Å². The summed E-state index contributed by atoms with van der Waals surface area (Å²) in [5.74, 6) is -0.171. The van der Waals surface area contributed by atoms with Crippen molar-refractivity contribution < 1.29 is 4.79 Å². The number of nitrogens with zero attached hydrogens (tertiary/aromatic N) is 4. The van der Waals surface area contributed by atoms with Gasteiger partial charge in [-0.05, 0) is 45.0 Å². The molecule has 0 aliphatic rings. The Morgan fingerprint density at radius 3 is 2.84 bits per heavy atom. The summed E-state index contributed by atoms with van der Waals surface area (Å²) >= 11 is 0. The third-order valence-electron chi connectivity index (χ3n) is 4.09. The van der Waals surface area contributed by atoms with Crippen LogP contribution in [0.15, 0.2) is 41.5 Å². The minimum Gasteiger partial charge on any atom is -0.348 e.